The Bertz CT molecular complexity index is 803. The minimum atomic E-state index is -4.15. The number of nitrogens with one attached hydrogen (secondary N) is 1. The number of halogens is 4. The second-order valence-corrected chi connectivity index (χ2v) is 9.20. The third-order valence-corrected chi connectivity index (χ3v) is 6.69. The molecule has 2 fully saturated rings. The smallest absolute Gasteiger partial charge is 0.391 e. The third-order valence-electron chi connectivity index (χ3n) is 6.69. The molecule has 1 saturated carbocycles. The van der Waals surface area contributed by atoms with Crippen LogP contribution in [0.3, 0.4) is 0 Å². The van der Waals surface area contributed by atoms with Crippen LogP contribution in [0.1, 0.15) is 32.1 Å². The fourth-order valence-corrected chi connectivity index (χ4v) is 4.77. The molecule has 1 aliphatic heterocycles. The van der Waals surface area contributed by atoms with E-state index < -0.39 is 29.9 Å². The Hall–Kier alpha value is -2.21. The number of primary amides is 1. The van der Waals surface area contributed by atoms with Crippen LogP contribution >= 0.6 is 0 Å². The highest BCUT2D eigenvalue weighted by atomic mass is 19.4. The highest BCUT2D eigenvalue weighted by Crippen LogP contribution is 2.40. The molecule has 1 aromatic heterocycles. The average molecular weight is 477 g/mol. The maximum absolute atomic E-state index is 15.1. The predicted molar refractivity (Wildman–Crippen MR) is 115 cm³/mol. The predicted octanol–water partition coefficient (Wildman–Crippen LogP) is 2.00. The number of carbonyl (C=O) groups excluding carboxylic acids is 1. The molecular formula is C21H32F4N6O2. The van der Waals surface area contributed by atoms with Gasteiger partial charge in [0.1, 0.15) is 6.33 Å². The van der Waals surface area contributed by atoms with E-state index in [2.05, 4.69) is 15.3 Å². The first-order valence-corrected chi connectivity index (χ1v) is 11.3. The van der Waals surface area contributed by atoms with Crippen molar-refractivity contribution in [3.63, 3.8) is 0 Å². The maximum Gasteiger partial charge on any atom is 0.391 e. The fraction of sp³-hybridized carbons (Fsp3) is 0.762. The number of β-amino-alcohol motifs (C(OH)–C–C–N with tert-alkyl or cyclic N) is 1. The lowest BCUT2D eigenvalue weighted by molar-refractivity contribution is -0.183. The van der Waals surface area contributed by atoms with Crippen LogP contribution in [-0.4, -0.2) is 77.9 Å². The summed E-state index contributed by atoms with van der Waals surface area (Å²) in [6.45, 7) is 1.71. The molecule has 0 radical (unpaired) electrons. The Balaban J connectivity index is 1.52. The summed E-state index contributed by atoms with van der Waals surface area (Å²) < 4.78 is 53.7. The minimum absolute atomic E-state index is 0.0133. The Morgan fingerprint density at radius 1 is 1.27 bits per heavy atom. The molecule has 0 bridgehead atoms. The van der Waals surface area contributed by atoms with Gasteiger partial charge in [0.25, 0.3) is 0 Å². The van der Waals surface area contributed by atoms with Crippen LogP contribution in [0.15, 0.2) is 6.33 Å². The Labute approximate surface area is 190 Å². The summed E-state index contributed by atoms with van der Waals surface area (Å²) in [6.07, 6.45) is -1.90. The molecule has 12 heteroatoms. The van der Waals surface area contributed by atoms with Gasteiger partial charge in [-0.1, -0.05) is 0 Å². The molecule has 2 heterocycles. The quantitative estimate of drug-likeness (QED) is 0.493. The summed E-state index contributed by atoms with van der Waals surface area (Å²) in [6, 6.07) is 0. The van der Waals surface area contributed by atoms with Gasteiger partial charge in [0, 0.05) is 32.6 Å². The molecule has 0 unspecified atom stereocenters. The lowest BCUT2D eigenvalue weighted by Crippen LogP contribution is -2.48. The molecule has 2 aliphatic rings. The van der Waals surface area contributed by atoms with Crippen LogP contribution in [-0.2, 0) is 4.79 Å². The molecule has 2 atom stereocenters. The number of likely N-dealkylation sites (tertiary alicyclic amines) is 1. The Kier molecular flexibility index (Phi) is 8.33. The molecule has 1 aromatic rings. The van der Waals surface area contributed by atoms with Crippen molar-refractivity contribution in [3.8, 4) is 0 Å². The van der Waals surface area contributed by atoms with Crippen molar-refractivity contribution in [2.24, 2.45) is 23.5 Å². The summed E-state index contributed by atoms with van der Waals surface area (Å²) in [5.41, 5.74) is 5.20. The summed E-state index contributed by atoms with van der Waals surface area (Å²) in [5.74, 6) is -2.34. The highest BCUT2D eigenvalue weighted by Gasteiger charge is 2.41. The minimum Gasteiger partial charge on any atom is -0.391 e. The molecular weight excluding hydrogens is 444 g/mol. The fourth-order valence-electron chi connectivity index (χ4n) is 4.77. The number of anilines is 2. The molecule has 3 rings (SSSR count). The molecule has 8 nitrogen and oxygen atoms in total. The number of rotatable bonds is 8. The summed E-state index contributed by atoms with van der Waals surface area (Å²) in [5, 5.41) is 13.3. The van der Waals surface area contributed by atoms with Gasteiger partial charge in [0.15, 0.2) is 11.6 Å². The van der Waals surface area contributed by atoms with Crippen molar-refractivity contribution in [3.05, 3.63) is 12.1 Å². The number of aliphatic hydroxyl groups is 1. The van der Waals surface area contributed by atoms with E-state index in [4.69, 9.17) is 5.73 Å². The summed E-state index contributed by atoms with van der Waals surface area (Å²) >= 11 is 0. The topological polar surface area (TPSA) is 108 Å². The SMILES string of the molecule is CN(CC1CCC(C(F)(F)F)CC1)c1ncnc(NC[C@H]2CCN(CC(N)=O)C[C@@H]2O)c1F. The molecule has 0 aromatic carbocycles. The van der Waals surface area contributed by atoms with Crippen LogP contribution in [0.2, 0.25) is 0 Å². The number of aromatic nitrogens is 2. The zero-order chi connectivity index (χ0) is 24.2. The highest BCUT2D eigenvalue weighted by molar-refractivity contribution is 5.75. The molecule has 1 aliphatic carbocycles. The lowest BCUT2D eigenvalue weighted by atomic mass is 9.81. The lowest BCUT2D eigenvalue weighted by Gasteiger charge is -2.35. The number of nitrogens with zero attached hydrogens (tertiary/aromatic N) is 4. The normalized spacial score (nSPS) is 26.7. The van der Waals surface area contributed by atoms with Gasteiger partial charge in [-0.25, -0.2) is 9.97 Å². The number of hydrogen-bond donors (Lipinski definition) is 3. The number of amides is 1. The van der Waals surface area contributed by atoms with E-state index >= 15 is 4.39 Å². The summed E-state index contributed by atoms with van der Waals surface area (Å²) in [7, 11) is 1.67. The zero-order valence-electron chi connectivity index (χ0n) is 18.7. The van der Waals surface area contributed by atoms with Gasteiger partial charge in [0.2, 0.25) is 11.7 Å². The van der Waals surface area contributed by atoms with Gasteiger partial charge in [-0.3, -0.25) is 9.69 Å². The van der Waals surface area contributed by atoms with Crippen LogP contribution in [0.5, 0.6) is 0 Å². The standard InChI is InChI=1S/C21H32F4N6O2/c1-30(9-13-2-4-15(5-3-13)21(23,24)25)20-18(22)19(28-12-29-20)27-8-14-6-7-31(10-16(14)32)11-17(26)33/h12-16,32H,2-11H2,1H3,(H2,26,33)(H,27,28,29)/t13?,14-,15?,16+/m1/s1. The van der Waals surface area contributed by atoms with Crippen molar-refractivity contribution < 1.29 is 27.5 Å². The monoisotopic (exact) mass is 476 g/mol. The van der Waals surface area contributed by atoms with Crippen molar-refractivity contribution in [1.29, 1.82) is 0 Å². The first kappa shape index (κ1) is 25.4. The number of carbonyl (C=O) groups is 1. The van der Waals surface area contributed by atoms with E-state index in [1.54, 1.807) is 16.8 Å². The van der Waals surface area contributed by atoms with Crippen LogP contribution in [0.25, 0.3) is 0 Å². The van der Waals surface area contributed by atoms with Crippen molar-refractivity contribution in [2.45, 2.75) is 44.4 Å². The Morgan fingerprint density at radius 2 is 1.97 bits per heavy atom. The van der Waals surface area contributed by atoms with Crippen molar-refractivity contribution in [1.82, 2.24) is 14.9 Å². The Morgan fingerprint density at radius 3 is 2.58 bits per heavy atom. The average Bonchev–Trinajstić information content (AvgIpc) is 2.73. The van der Waals surface area contributed by atoms with Gasteiger partial charge < -0.3 is 21.1 Å². The first-order valence-electron chi connectivity index (χ1n) is 11.3. The largest absolute Gasteiger partial charge is 0.391 e. The number of alkyl halides is 3. The third kappa shape index (κ3) is 6.89. The van der Waals surface area contributed by atoms with E-state index in [-0.39, 0.29) is 42.9 Å². The number of nitrogens with two attached hydrogens (primary N) is 1. The molecule has 186 valence electrons. The van der Waals surface area contributed by atoms with Crippen LogP contribution < -0.4 is 16.0 Å². The van der Waals surface area contributed by atoms with E-state index in [9.17, 15) is 23.1 Å². The molecule has 0 spiro atoms. The first-order chi connectivity index (χ1) is 15.5. The maximum atomic E-state index is 15.1. The summed E-state index contributed by atoms with van der Waals surface area (Å²) in [4.78, 5) is 22.4. The van der Waals surface area contributed by atoms with Gasteiger partial charge in [0.05, 0.1) is 18.6 Å². The molecule has 33 heavy (non-hydrogen) atoms. The van der Waals surface area contributed by atoms with E-state index in [0.717, 1.165) is 0 Å². The van der Waals surface area contributed by atoms with Gasteiger partial charge in [-0.15, -0.1) is 0 Å². The number of hydrogen-bond acceptors (Lipinski definition) is 7. The van der Waals surface area contributed by atoms with Gasteiger partial charge >= 0.3 is 6.18 Å². The van der Waals surface area contributed by atoms with E-state index in [1.807, 2.05) is 0 Å². The second kappa shape index (κ2) is 10.8. The molecule has 1 amide bonds. The molecule has 1 saturated heterocycles. The number of aliphatic hydroxyl groups excluding tert-OH is 1. The van der Waals surface area contributed by atoms with Crippen molar-refractivity contribution >= 4 is 17.5 Å². The van der Waals surface area contributed by atoms with E-state index in [1.165, 1.54) is 6.33 Å². The van der Waals surface area contributed by atoms with Crippen LogP contribution in [0, 0.1) is 23.6 Å². The van der Waals surface area contributed by atoms with Crippen LogP contribution in [0.4, 0.5) is 29.2 Å². The van der Waals surface area contributed by atoms with Gasteiger partial charge in [-0.2, -0.15) is 17.6 Å². The zero-order valence-corrected chi connectivity index (χ0v) is 18.7. The second-order valence-electron chi connectivity index (χ2n) is 9.20. The number of piperidine rings is 1. The van der Waals surface area contributed by atoms with Gasteiger partial charge in [-0.05, 0) is 44.6 Å². The van der Waals surface area contributed by atoms with E-state index in [0.29, 0.717) is 45.4 Å². The van der Waals surface area contributed by atoms with Crippen molar-refractivity contribution in [2.75, 3.05) is 50.0 Å². The molecule has 4 N–H and O–H groups in total.